The third-order valence-electron chi connectivity index (χ3n) is 3.49. The van der Waals surface area contributed by atoms with Gasteiger partial charge in [-0.1, -0.05) is 13.0 Å². The number of hydrogen-bond donors (Lipinski definition) is 0. The van der Waals surface area contributed by atoms with Crippen molar-refractivity contribution in [1.29, 1.82) is 0 Å². The lowest BCUT2D eigenvalue weighted by Gasteiger charge is -2.26. The van der Waals surface area contributed by atoms with Gasteiger partial charge in [-0.2, -0.15) is 0 Å². The van der Waals surface area contributed by atoms with Crippen molar-refractivity contribution in [3.8, 4) is 0 Å². The van der Waals surface area contributed by atoms with Crippen LogP contribution in [0.3, 0.4) is 0 Å². The minimum absolute atomic E-state index is 0.0392. The summed E-state index contributed by atoms with van der Waals surface area (Å²) in [6.07, 6.45) is 4.44. The molecule has 0 atom stereocenters. The van der Waals surface area contributed by atoms with Crippen LogP contribution in [-0.2, 0) is 11.3 Å². The molecular formula is C14H18F2O. The van der Waals surface area contributed by atoms with Crippen LogP contribution in [0.1, 0.15) is 38.2 Å². The molecule has 1 aromatic carbocycles. The van der Waals surface area contributed by atoms with Crippen LogP contribution < -0.4 is 0 Å². The fraction of sp³-hybridized carbons (Fsp3) is 0.571. The molecule has 1 aromatic rings. The summed E-state index contributed by atoms with van der Waals surface area (Å²) in [6, 6.07) is 3.91. The van der Waals surface area contributed by atoms with Crippen LogP contribution in [0.25, 0.3) is 0 Å². The van der Waals surface area contributed by atoms with E-state index in [-0.39, 0.29) is 18.3 Å². The molecule has 1 aliphatic rings. The van der Waals surface area contributed by atoms with Gasteiger partial charge in [-0.3, -0.25) is 0 Å². The lowest BCUT2D eigenvalue weighted by molar-refractivity contribution is 0.00633. The van der Waals surface area contributed by atoms with Crippen molar-refractivity contribution in [3.05, 3.63) is 35.4 Å². The van der Waals surface area contributed by atoms with E-state index in [9.17, 15) is 8.78 Å². The second-order valence-electron chi connectivity index (χ2n) is 4.89. The highest BCUT2D eigenvalue weighted by Gasteiger charge is 2.19. The summed E-state index contributed by atoms with van der Waals surface area (Å²) < 4.78 is 32.3. The van der Waals surface area contributed by atoms with Crippen LogP contribution in [0.2, 0.25) is 0 Å². The van der Waals surface area contributed by atoms with E-state index in [1.54, 1.807) is 0 Å². The van der Waals surface area contributed by atoms with E-state index in [2.05, 4.69) is 6.92 Å². The highest BCUT2D eigenvalue weighted by atomic mass is 19.1. The molecule has 0 aliphatic heterocycles. The summed E-state index contributed by atoms with van der Waals surface area (Å²) in [4.78, 5) is 0. The normalized spacial score (nSPS) is 24.9. The van der Waals surface area contributed by atoms with E-state index in [1.807, 2.05) is 0 Å². The molecule has 0 amide bonds. The molecule has 0 saturated heterocycles. The van der Waals surface area contributed by atoms with Gasteiger partial charge in [-0.05, 0) is 43.7 Å². The molecule has 1 saturated carbocycles. The molecule has 0 unspecified atom stereocenters. The first kappa shape index (κ1) is 12.5. The first-order valence-corrected chi connectivity index (χ1v) is 6.21. The van der Waals surface area contributed by atoms with Crippen LogP contribution in [0.5, 0.6) is 0 Å². The molecule has 0 spiro atoms. The molecule has 1 nitrogen and oxygen atoms in total. The summed E-state index contributed by atoms with van der Waals surface area (Å²) in [6.45, 7) is 2.27. The first-order chi connectivity index (χ1) is 8.16. The standard InChI is InChI=1S/C14H18F2O/c1-10-5-7-11(8-6-10)17-9-12-13(15)3-2-4-14(12)16/h2-4,10-11H,5-9H2,1H3. The Kier molecular flexibility index (Phi) is 4.11. The number of rotatable bonds is 3. The monoisotopic (exact) mass is 240 g/mol. The van der Waals surface area contributed by atoms with Crippen molar-refractivity contribution in [3.63, 3.8) is 0 Å². The number of hydrogen-bond acceptors (Lipinski definition) is 1. The minimum Gasteiger partial charge on any atom is -0.373 e. The van der Waals surface area contributed by atoms with Crippen LogP contribution >= 0.6 is 0 Å². The van der Waals surface area contributed by atoms with Gasteiger partial charge in [0.1, 0.15) is 11.6 Å². The predicted octanol–water partition coefficient (Wildman–Crippen LogP) is 4.06. The van der Waals surface area contributed by atoms with Crippen molar-refractivity contribution in [2.45, 2.75) is 45.3 Å². The van der Waals surface area contributed by atoms with Crippen LogP contribution in [0, 0.1) is 17.6 Å². The predicted molar refractivity (Wildman–Crippen MR) is 62.6 cm³/mol. The average Bonchev–Trinajstić information content (AvgIpc) is 2.31. The smallest absolute Gasteiger partial charge is 0.131 e. The molecule has 1 fully saturated rings. The second kappa shape index (κ2) is 5.58. The molecule has 1 aliphatic carbocycles. The Morgan fingerprint density at radius 1 is 1.12 bits per heavy atom. The molecule has 0 bridgehead atoms. The van der Waals surface area contributed by atoms with E-state index in [4.69, 9.17) is 4.74 Å². The summed E-state index contributed by atoms with van der Waals surface area (Å²) >= 11 is 0. The fourth-order valence-electron chi connectivity index (χ4n) is 2.27. The van der Waals surface area contributed by atoms with E-state index in [0.29, 0.717) is 0 Å². The van der Waals surface area contributed by atoms with Gasteiger partial charge in [0.25, 0.3) is 0 Å². The molecule has 94 valence electrons. The van der Waals surface area contributed by atoms with Crippen LogP contribution in [0.15, 0.2) is 18.2 Å². The summed E-state index contributed by atoms with van der Waals surface area (Å²) in [5.74, 6) is -0.289. The van der Waals surface area contributed by atoms with Gasteiger partial charge in [0.2, 0.25) is 0 Å². The Labute approximate surface area is 101 Å². The largest absolute Gasteiger partial charge is 0.373 e. The van der Waals surface area contributed by atoms with Crippen molar-refractivity contribution < 1.29 is 13.5 Å². The zero-order valence-corrected chi connectivity index (χ0v) is 10.1. The molecule has 3 heteroatoms. The zero-order valence-electron chi connectivity index (χ0n) is 10.1. The molecule has 0 heterocycles. The third-order valence-corrected chi connectivity index (χ3v) is 3.49. The molecule has 0 radical (unpaired) electrons. The number of halogens is 2. The lowest BCUT2D eigenvalue weighted by atomic mass is 9.89. The Morgan fingerprint density at radius 2 is 1.71 bits per heavy atom. The second-order valence-corrected chi connectivity index (χ2v) is 4.89. The van der Waals surface area contributed by atoms with Crippen molar-refractivity contribution in [1.82, 2.24) is 0 Å². The topological polar surface area (TPSA) is 9.23 Å². The molecule has 0 aromatic heterocycles. The molecule has 17 heavy (non-hydrogen) atoms. The van der Waals surface area contributed by atoms with E-state index < -0.39 is 11.6 Å². The number of benzene rings is 1. The molecule has 2 rings (SSSR count). The maximum Gasteiger partial charge on any atom is 0.131 e. The Morgan fingerprint density at radius 3 is 2.29 bits per heavy atom. The van der Waals surface area contributed by atoms with Crippen molar-refractivity contribution in [2.24, 2.45) is 5.92 Å². The van der Waals surface area contributed by atoms with Crippen molar-refractivity contribution >= 4 is 0 Å². The van der Waals surface area contributed by atoms with E-state index >= 15 is 0 Å². The Hall–Kier alpha value is -0.960. The SMILES string of the molecule is CC1CCC(OCc2c(F)cccc2F)CC1. The maximum atomic E-state index is 13.3. The first-order valence-electron chi connectivity index (χ1n) is 6.21. The maximum absolute atomic E-state index is 13.3. The van der Waals surface area contributed by atoms with Gasteiger partial charge < -0.3 is 4.74 Å². The Bertz CT molecular complexity index is 350. The highest BCUT2D eigenvalue weighted by molar-refractivity contribution is 5.18. The summed E-state index contributed by atoms with van der Waals surface area (Å²) in [5.41, 5.74) is 0.0473. The fourth-order valence-corrected chi connectivity index (χ4v) is 2.27. The minimum atomic E-state index is -0.519. The van der Waals surface area contributed by atoms with Crippen molar-refractivity contribution in [2.75, 3.05) is 0 Å². The van der Waals surface area contributed by atoms with Gasteiger partial charge >= 0.3 is 0 Å². The van der Waals surface area contributed by atoms with Gasteiger partial charge in [0.15, 0.2) is 0 Å². The highest BCUT2D eigenvalue weighted by Crippen LogP contribution is 2.26. The Balaban J connectivity index is 1.89. The van der Waals surface area contributed by atoms with Crippen LogP contribution in [0.4, 0.5) is 8.78 Å². The summed E-state index contributed by atoms with van der Waals surface area (Å²) in [5, 5.41) is 0. The quantitative estimate of drug-likeness (QED) is 0.774. The van der Waals surface area contributed by atoms with Gasteiger partial charge in [-0.15, -0.1) is 0 Å². The average molecular weight is 240 g/mol. The van der Waals surface area contributed by atoms with E-state index in [1.165, 1.54) is 18.2 Å². The van der Waals surface area contributed by atoms with Gasteiger partial charge in [0.05, 0.1) is 12.7 Å². The molecular weight excluding hydrogens is 222 g/mol. The third kappa shape index (κ3) is 3.25. The van der Waals surface area contributed by atoms with Crippen LogP contribution in [-0.4, -0.2) is 6.10 Å². The van der Waals surface area contributed by atoms with Gasteiger partial charge in [-0.25, -0.2) is 8.78 Å². The lowest BCUT2D eigenvalue weighted by Crippen LogP contribution is -2.20. The number of ether oxygens (including phenoxy) is 1. The zero-order chi connectivity index (χ0) is 12.3. The summed E-state index contributed by atoms with van der Waals surface area (Å²) in [7, 11) is 0. The van der Waals surface area contributed by atoms with E-state index in [0.717, 1.165) is 31.6 Å². The van der Waals surface area contributed by atoms with Gasteiger partial charge in [0, 0.05) is 5.56 Å². The molecule has 0 N–H and O–H groups in total.